The first kappa shape index (κ1) is 35.8. The fraction of sp³-hybridized carbons (Fsp3) is 0.372. The fourth-order valence-corrected chi connectivity index (χ4v) is 8.56. The van der Waals surface area contributed by atoms with Crippen LogP contribution in [-0.4, -0.2) is 69.4 Å². The largest absolute Gasteiger partial charge is 0.506 e. The maximum atomic E-state index is 12.9. The van der Waals surface area contributed by atoms with Crippen molar-refractivity contribution in [2.24, 2.45) is 5.92 Å². The highest BCUT2D eigenvalue weighted by Gasteiger charge is 2.41. The number of aromatic hydroxyl groups is 1. The number of aromatic nitrogens is 1. The molecular weight excluding hydrogens is 683 g/mol. The SMILES string of the molecule is O=C1CCc2c([C@H](O)CNCc3ccc4oc(CCCCc5ccc(-c6ccccc6)c(N(C(=O)O)[C@H]6CN7CCC6CC7)c5)nc4c3)ccc(O)c2N1. The summed E-state index contributed by atoms with van der Waals surface area (Å²) in [6, 6.07) is 25.5. The van der Waals surface area contributed by atoms with Crippen molar-refractivity contribution in [2.45, 2.75) is 70.1 Å². The van der Waals surface area contributed by atoms with E-state index in [0.717, 1.165) is 96.3 Å². The number of phenolic OH excluding ortho intramolecular Hbond substituents is 1. The topological polar surface area (TPSA) is 151 Å². The average Bonchev–Trinajstić information content (AvgIpc) is 3.60. The molecule has 4 aliphatic rings. The van der Waals surface area contributed by atoms with Gasteiger partial charge in [0.2, 0.25) is 5.91 Å². The molecule has 11 heteroatoms. The maximum Gasteiger partial charge on any atom is 0.412 e. The molecule has 2 amide bonds. The Labute approximate surface area is 314 Å². The van der Waals surface area contributed by atoms with Crippen LogP contribution < -0.4 is 15.5 Å². The number of amides is 2. The van der Waals surface area contributed by atoms with Gasteiger partial charge in [-0.1, -0.05) is 54.6 Å². The van der Waals surface area contributed by atoms with Crippen molar-refractivity contribution >= 4 is 34.5 Å². The molecule has 0 aliphatic carbocycles. The van der Waals surface area contributed by atoms with E-state index in [1.807, 2.05) is 48.5 Å². The number of rotatable bonds is 13. The molecule has 54 heavy (non-hydrogen) atoms. The molecule has 3 fully saturated rings. The number of nitrogens with one attached hydrogen (secondary N) is 2. The summed E-state index contributed by atoms with van der Waals surface area (Å²) >= 11 is 0. The number of fused-ring (bicyclic) bond motifs is 5. The number of phenols is 1. The molecule has 0 radical (unpaired) electrons. The molecule has 9 rings (SSSR count). The van der Waals surface area contributed by atoms with Gasteiger partial charge in [-0.25, -0.2) is 9.78 Å². The van der Waals surface area contributed by atoms with Gasteiger partial charge in [0, 0.05) is 38.0 Å². The van der Waals surface area contributed by atoms with Crippen LogP contribution >= 0.6 is 0 Å². The number of carbonyl (C=O) groups excluding carboxylic acids is 1. The first-order valence-corrected chi connectivity index (χ1v) is 19.2. The molecule has 3 saturated heterocycles. The molecule has 280 valence electrons. The molecule has 5 aromatic rings. The predicted molar refractivity (Wildman–Crippen MR) is 208 cm³/mol. The number of unbranched alkanes of at least 4 members (excludes halogenated alkanes) is 1. The molecule has 0 saturated carbocycles. The van der Waals surface area contributed by atoms with E-state index in [1.165, 1.54) is 6.07 Å². The first-order valence-electron chi connectivity index (χ1n) is 19.2. The zero-order valence-electron chi connectivity index (χ0n) is 30.3. The number of hydrogen-bond donors (Lipinski definition) is 5. The Balaban J connectivity index is 0.885. The zero-order valence-corrected chi connectivity index (χ0v) is 30.3. The van der Waals surface area contributed by atoms with E-state index in [0.29, 0.717) is 55.4 Å². The molecule has 0 unspecified atom stereocenters. The minimum absolute atomic E-state index is 0.00811. The molecule has 0 spiro atoms. The van der Waals surface area contributed by atoms with Crippen LogP contribution in [-0.2, 0) is 30.6 Å². The third kappa shape index (κ3) is 7.57. The number of hydrogen-bond acceptors (Lipinski definition) is 8. The number of carboxylic acid groups (broad SMARTS) is 1. The Bertz CT molecular complexity index is 2140. The van der Waals surface area contributed by atoms with Gasteiger partial charge >= 0.3 is 6.09 Å². The van der Waals surface area contributed by atoms with Crippen LogP contribution in [0.5, 0.6) is 5.75 Å². The van der Waals surface area contributed by atoms with Gasteiger partial charge in [-0.05, 0) is 110 Å². The van der Waals surface area contributed by atoms with Crippen LogP contribution in [0.4, 0.5) is 16.2 Å². The molecule has 2 atom stereocenters. The second kappa shape index (κ2) is 15.6. The lowest BCUT2D eigenvalue weighted by molar-refractivity contribution is -0.116. The number of aliphatic hydroxyl groups is 1. The highest BCUT2D eigenvalue weighted by Crippen LogP contribution is 2.39. The Morgan fingerprint density at radius 3 is 2.56 bits per heavy atom. The Kier molecular flexibility index (Phi) is 10.4. The lowest BCUT2D eigenvalue weighted by Crippen LogP contribution is -2.59. The van der Waals surface area contributed by atoms with E-state index in [-0.39, 0.29) is 17.7 Å². The van der Waals surface area contributed by atoms with Gasteiger partial charge in [-0.2, -0.15) is 0 Å². The van der Waals surface area contributed by atoms with Crippen molar-refractivity contribution in [3.05, 3.63) is 107 Å². The molecule has 4 aromatic carbocycles. The summed E-state index contributed by atoms with van der Waals surface area (Å²) in [4.78, 5) is 33.6. The van der Waals surface area contributed by atoms with Crippen molar-refractivity contribution in [3.8, 4) is 16.9 Å². The van der Waals surface area contributed by atoms with Gasteiger partial charge < -0.3 is 35.3 Å². The molecular formula is C43H47N5O6. The second-order valence-electron chi connectivity index (χ2n) is 14.9. The van der Waals surface area contributed by atoms with E-state index in [4.69, 9.17) is 9.40 Å². The summed E-state index contributed by atoms with van der Waals surface area (Å²) in [5.41, 5.74) is 8.25. The highest BCUT2D eigenvalue weighted by molar-refractivity contribution is 5.96. The van der Waals surface area contributed by atoms with Gasteiger partial charge in [0.1, 0.15) is 11.3 Å². The molecule has 2 bridgehead atoms. The minimum atomic E-state index is -0.889. The third-order valence-corrected chi connectivity index (χ3v) is 11.4. The summed E-state index contributed by atoms with van der Waals surface area (Å²) in [5.74, 6) is 0.936. The Morgan fingerprint density at radius 1 is 0.981 bits per heavy atom. The summed E-state index contributed by atoms with van der Waals surface area (Å²) in [5, 5.41) is 37.8. The van der Waals surface area contributed by atoms with Crippen LogP contribution in [0.3, 0.4) is 0 Å². The number of aryl methyl sites for hydroxylation is 2. The zero-order chi connectivity index (χ0) is 37.2. The second-order valence-corrected chi connectivity index (χ2v) is 14.9. The van der Waals surface area contributed by atoms with Crippen LogP contribution in [0.1, 0.15) is 66.4 Å². The number of nitrogens with zero attached hydrogens (tertiary/aromatic N) is 3. The summed E-state index contributed by atoms with van der Waals surface area (Å²) in [6.07, 6.45) is 4.49. The van der Waals surface area contributed by atoms with Gasteiger partial charge in [0.25, 0.3) is 0 Å². The van der Waals surface area contributed by atoms with Crippen molar-refractivity contribution in [3.63, 3.8) is 0 Å². The summed E-state index contributed by atoms with van der Waals surface area (Å²) < 4.78 is 6.08. The maximum absolute atomic E-state index is 12.9. The molecule has 5 N–H and O–H groups in total. The number of benzene rings is 4. The summed E-state index contributed by atoms with van der Waals surface area (Å²) in [7, 11) is 0. The molecule has 5 heterocycles. The molecule has 4 aliphatic heterocycles. The van der Waals surface area contributed by atoms with Crippen LogP contribution in [0.15, 0.2) is 83.3 Å². The van der Waals surface area contributed by atoms with E-state index in [1.54, 1.807) is 11.0 Å². The first-order chi connectivity index (χ1) is 26.3. The van der Waals surface area contributed by atoms with Crippen LogP contribution in [0.25, 0.3) is 22.2 Å². The van der Waals surface area contributed by atoms with Gasteiger partial charge in [-0.15, -0.1) is 0 Å². The lowest BCUT2D eigenvalue weighted by Gasteiger charge is -2.48. The van der Waals surface area contributed by atoms with Crippen LogP contribution in [0.2, 0.25) is 0 Å². The van der Waals surface area contributed by atoms with E-state index >= 15 is 0 Å². The Hall–Kier alpha value is -5.23. The van der Waals surface area contributed by atoms with Gasteiger partial charge in [0.05, 0.1) is 23.5 Å². The summed E-state index contributed by atoms with van der Waals surface area (Å²) in [6.45, 7) is 3.72. The molecule has 11 nitrogen and oxygen atoms in total. The highest BCUT2D eigenvalue weighted by atomic mass is 16.4. The standard InChI is InChI=1S/C43H47N5O6/c49-37-15-13-32(33-14-17-40(51)46-42(33)37)38(50)25-44-24-28-11-16-39-34(22-28)45-41(54-39)9-5-4-6-27-10-12-31(29-7-2-1-3-8-29)35(23-27)48(43(52)53)36-26-47-20-18-30(36)19-21-47/h1-3,7-8,10-13,15-16,22-23,30,36,38,44,49-50H,4-6,9,14,17-21,24-26H2,(H,46,51)(H,52,53)/t36-,38+/m0/s1. The van der Waals surface area contributed by atoms with Crippen molar-refractivity contribution in [1.29, 1.82) is 0 Å². The van der Waals surface area contributed by atoms with Gasteiger partial charge in [0.15, 0.2) is 11.5 Å². The van der Waals surface area contributed by atoms with Crippen molar-refractivity contribution < 1.29 is 29.3 Å². The third-order valence-electron chi connectivity index (χ3n) is 11.4. The number of piperidine rings is 3. The Morgan fingerprint density at radius 2 is 1.78 bits per heavy atom. The van der Waals surface area contributed by atoms with E-state index in [2.05, 4.69) is 33.7 Å². The van der Waals surface area contributed by atoms with Crippen molar-refractivity contribution in [1.82, 2.24) is 15.2 Å². The molecule has 1 aromatic heterocycles. The van der Waals surface area contributed by atoms with Crippen molar-refractivity contribution in [2.75, 3.05) is 36.4 Å². The lowest BCUT2D eigenvalue weighted by atomic mass is 9.82. The minimum Gasteiger partial charge on any atom is -0.506 e. The van der Waals surface area contributed by atoms with E-state index in [9.17, 15) is 24.9 Å². The number of aliphatic hydroxyl groups excluding tert-OH is 1. The smallest absolute Gasteiger partial charge is 0.412 e. The van der Waals surface area contributed by atoms with E-state index < -0.39 is 12.2 Å². The number of oxazole rings is 1. The quantitative estimate of drug-likeness (QED) is 0.0634. The fourth-order valence-electron chi connectivity index (χ4n) is 8.56. The average molecular weight is 730 g/mol. The normalized spacial score (nSPS) is 19.7. The van der Waals surface area contributed by atoms with Crippen LogP contribution in [0, 0.1) is 5.92 Å². The monoisotopic (exact) mass is 729 g/mol. The number of anilines is 2. The van der Waals surface area contributed by atoms with Gasteiger partial charge in [-0.3, -0.25) is 9.69 Å². The predicted octanol–water partition coefficient (Wildman–Crippen LogP) is 7.05. The number of carbonyl (C=O) groups is 2.